The molecule has 0 radical (unpaired) electrons. The molecule has 0 saturated heterocycles. The van der Waals surface area contributed by atoms with Crippen molar-refractivity contribution in [2.24, 2.45) is 0 Å². The van der Waals surface area contributed by atoms with Crippen molar-refractivity contribution in [1.29, 1.82) is 5.26 Å². The summed E-state index contributed by atoms with van der Waals surface area (Å²) in [6.45, 7) is 3.38. The number of nitrogens with zero attached hydrogens (tertiary/aromatic N) is 1. The molecule has 0 unspecified atom stereocenters. The van der Waals surface area contributed by atoms with E-state index in [9.17, 15) is 14.9 Å². The minimum Gasteiger partial charge on any atom is -0.490 e. The third-order valence-corrected chi connectivity index (χ3v) is 4.82. The van der Waals surface area contributed by atoms with Gasteiger partial charge in [0.25, 0.3) is 5.91 Å². The summed E-state index contributed by atoms with van der Waals surface area (Å²) in [7, 11) is 0. The Labute approximate surface area is 192 Å². The number of carboxylic acids is 1. The number of aryl methyl sites for hydroxylation is 1. The van der Waals surface area contributed by atoms with E-state index in [4.69, 9.17) is 26.2 Å². The quantitative estimate of drug-likeness (QED) is 0.286. The maximum Gasteiger partial charge on any atom is 0.341 e. The highest BCUT2D eigenvalue weighted by molar-refractivity contribution is 14.1. The van der Waals surface area contributed by atoms with Gasteiger partial charge in [-0.2, -0.15) is 5.26 Å². The maximum atomic E-state index is 12.6. The van der Waals surface area contributed by atoms with Gasteiger partial charge >= 0.3 is 5.97 Å². The first-order valence-electron chi connectivity index (χ1n) is 8.75. The van der Waals surface area contributed by atoms with Gasteiger partial charge in [-0.3, -0.25) is 4.79 Å². The molecule has 0 heterocycles. The van der Waals surface area contributed by atoms with Gasteiger partial charge in [0, 0.05) is 10.7 Å². The van der Waals surface area contributed by atoms with E-state index in [1.54, 1.807) is 44.2 Å². The number of hydrogen-bond acceptors (Lipinski definition) is 5. The molecule has 0 aliphatic carbocycles. The lowest BCUT2D eigenvalue weighted by Crippen LogP contribution is -2.14. The number of nitrogens with one attached hydrogen (secondary N) is 1. The average molecular weight is 541 g/mol. The topological polar surface area (TPSA) is 109 Å². The zero-order valence-electron chi connectivity index (χ0n) is 16.2. The lowest BCUT2D eigenvalue weighted by Gasteiger charge is -2.14. The Bertz CT molecular complexity index is 1050. The third-order valence-electron chi connectivity index (χ3n) is 3.78. The smallest absolute Gasteiger partial charge is 0.341 e. The molecule has 156 valence electrons. The first-order valence-corrected chi connectivity index (χ1v) is 10.2. The van der Waals surface area contributed by atoms with E-state index in [1.165, 1.54) is 6.08 Å². The van der Waals surface area contributed by atoms with Crippen molar-refractivity contribution >= 4 is 57.8 Å². The van der Waals surface area contributed by atoms with E-state index in [2.05, 4.69) is 5.32 Å². The highest BCUT2D eigenvalue weighted by Crippen LogP contribution is 2.35. The Hall–Kier alpha value is -2.77. The minimum absolute atomic E-state index is 0.109. The molecular formula is C21H18ClIN2O5. The number of ether oxygens (including phenoxy) is 2. The fourth-order valence-electron chi connectivity index (χ4n) is 2.48. The number of halogens is 2. The first kappa shape index (κ1) is 23.5. The van der Waals surface area contributed by atoms with E-state index in [-0.39, 0.29) is 11.3 Å². The molecule has 0 saturated carbocycles. The van der Waals surface area contributed by atoms with Crippen molar-refractivity contribution in [3.63, 3.8) is 0 Å². The van der Waals surface area contributed by atoms with Crippen LogP contribution in [0.4, 0.5) is 5.69 Å². The second-order valence-electron chi connectivity index (χ2n) is 6.03. The van der Waals surface area contributed by atoms with Crippen LogP contribution in [-0.4, -0.2) is 30.2 Å². The van der Waals surface area contributed by atoms with Crippen LogP contribution in [0.2, 0.25) is 5.02 Å². The van der Waals surface area contributed by atoms with E-state index < -0.39 is 18.5 Å². The van der Waals surface area contributed by atoms with Crippen molar-refractivity contribution in [2.75, 3.05) is 18.5 Å². The molecule has 2 aromatic carbocycles. The molecule has 2 rings (SSSR count). The van der Waals surface area contributed by atoms with Crippen LogP contribution in [0.5, 0.6) is 11.5 Å². The Balaban J connectivity index is 2.34. The van der Waals surface area contributed by atoms with Gasteiger partial charge in [0.2, 0.25) is 0 Å². The number of carbonyl (C=O) groups excluding carboxylic acids is 1. The molecular weight excluding hydrogens is 523 g/mol. The summed E-state index contributed by atoms with van der Waals surface area (Å²) < 4.78 is 11.4. The molecule has 0 bridgehead atoms. The number of hydrogen-bond donors (Lipinski definition) is 2. The predicted octanol–water partition coefficient (Wildman–Crippen LogP) is 4.66. The number of nitriles is 1. The molecule has 0 aliphatic heterocycles. The molecule has 9 heteroatoms. The fraction of sp³-hybridized carbons (Fsp3) is 0.190. The van der Waals surface area contributed by atoms with Gasteiger partial charge < -0.3 is 19.9 Å². The highest BCUT2D eigenvalue weighted by Gasteiger charge is 2.16. The van der Waals surface area contributed by atoms with E-state index in [1.807, 2.05) is 28.7 Å². The molecule has 2 N–H and O–H groups in total. The van der Waals surface area contributed by atoms with Gasteiger partial charge in [0.1, 0.15) is 11.6 Å². The molecule has 0 aliphatic rings. The van der Waals surface area contributed by atoms with Crippen LogP contribution >= 0.6 is 34.2 Å². The molecule has 7 nitrogen and oxygen atoms in total. The predicted molar refractivity (Wildman–Crippen MR) is 122 cm³/mol. The van der Waals surface area contributed by atoms with Gasteiger partial charge in [0.05, 0.1) is 10.2 Å². The first-order chi connectivity index (χ1) is 14.2. The van der Waals surface area contributed by atoms with Crippen molar-refractivity contribution in [2.45, 2.75) is 13.8 Å². The van der Waals surface area contributed by atoms with Crippen LogP contribution in [-0.2, 0) is 9.59 Å². The number of anilines is 1. The molecule has 0 atom stereocenters. The summed E-state index contributed by atoms with van der Waals surface area (Å²) in [6.07, 6.45) is 1.42. The van der Waals surface area contributed by atoms with Crippen molar-refractivity contribution in [3.05, 3.63) is 55.6 Å². The monoisotopic (exact) mass is 540 g/mol. The second kappa shape index (κ2) is 10.8. The van der Waals surface area contributed by atoms with Crippen molar-refractivity contribution in [3.8, 4) is 17.6 Å². The van der Waals surface area contributed by atoms with Crippen LogP contribution in [0, 0.1) is 21.8 Å². The molecule has 2 aromatic rings. The van der Waals surface area contributed by atoms with E-state index in [0.29, 0.717) is 32.2 Å². The van der Waals surface area contributed by atoms with Crippen LogP contribution in [0.1, 0.15) is 18.1 Å². The van der Waals surface area contributed by atoms with Crippen LogP contribution < -0.4 is 14.8 Å². The van der Waals surface area contributed by atoms with Gasteiger partial charge in [-0.05, 0) is 84.0 Å². The Morgan fingerprint density at radius 2 is 2.03 bits per heavy atom. The summed E-state index contributed by atoms with van der Waals surface area (Å²) in [5.74, 6) is -1.07. The Morgan fingerprint density at radius 3 is 2.63 bits per heavy atom. The van der Waals surface area contributed by atoms with Gasteiger partial charge in [0.15, 0.2) is 18.1 Å². The largest absolute Gasteiger partial charge is 0.490 e. The fourth-order valence-corrected chi connectivity index (χ4v) is 3.49. The maximum absolute atomic E-state index is 12.6. The normalized spacial score (nSPS) is 10.8. The zero-order chi connectivity index (χ0) is 22.3. The molecule has 1 amide bonds. The zero-order valence-corrected chi connectivity index (χ0v) is 19.1. The van der Waals surface area contributed by atoms with Crippen molar-refractivity contribution in [1.82, 2.24) is 0 Å². The SMILES string of the molecule is CCOc1cc(/C=C(\C#N)C(=O)Nc2ccc(Cl)cc2C)cc(I)c1OCC(=O)O. The van der Waals surface area contributed by atoms with Gasteiger partial charge in [-0.1, -0.05) is 11.6 Å². The summed E-state index contributed by atoms with van der Waals surface area (Å²) in [4.78, 5) is 23.4. The number of rotatable bonds is 8. The molecule has 0 spiro atoms. The van der Waals surface area contributed by atoms with Crippen LogP contribution in [0.25, 0.3) is 6.08 Å². The number of carbonyl (C=O) groups is 2. The van der Waals surface area contributed by atoms with E-state index >= 15 is 0 Å². The lowest BCUT2D eigenvalue weighted by molar-refractivity contribution is -0.139. The number of carboxylic acid groups (broad SMARTS) is 1. The number of aliphatic carboxylic acids is 1. The highest BCUT2D eigenvalue weighted by atomic mass is 127. The molecule has 30 heavy (non-hydrogen) atoms. The van der Waals surface area contributed by atoms with Gasteiger partial charge in [-0.25, -0.2) is 4.79 Å². The summed E-state index contributed by atoms with van der Waals surface area (Å²) in [5.41, 5.74) is 1.74. The second-order valence-corrected chi connectivity index (χ2v) is 7.63. The third kappa shape index (κ3) is 6.37. The van der Waals surface area contributed by atoms with Crippen LogP contribution in [0.15, 0.2) is 35.9 Å². The summed E-state index contributed by atoms with van der Waals surface area (Å²) in [6, 6.07) is 10.2. The number of benzene rings is 2. The summed E-state index contributed by atoms with van der Waals surface area (Å²) in [5, 5.41) is 21.6. The van der Waals surface area contributed by atoms with Gasteiger partial charge in [-0.15, -0.1) is 0 Å². The molecule has 0 fully saturated rings. The van der Waals surface area contributed by atoms with Crippen LogP contribution in [0.3, 0.4) is 0 Å². The Morgan fingerprint density at radius 1 is 1.30 bits per heavy atom. The van der Waals surface area contributed by atoms with Crippen molar-refractivity contribution < 1.29 is 24.2 Å². The summed E-state index contributed by atoms with van der Waals surface area (Å²) >= 11 is 7.90. The Kier molecular flexibility index (Phi) is 8.50. The van der Waals surface area contributed by atoms with E-state index in [0.717, 1.165) is 5.56 Å². The number of amides is 1. The molecule has 0 aromatic heterocycles. The standard InChI is InChI=1S/C21H18ClIN2O5/c1-3-29-18-9-13(8-16(23)20(18)30-11-19(26)27)7-14(10-24)21(28)25-17-5-4-15(22)6-12(17)2/h4-9H,3,11H2,1-2H3,(H,25,28)(H,26,27)/b14-7+. The minimum atomic E-state index is -1.11. The lowest BCUT2D eigenvalue weighted by atomic mass is 10.1. The average Bonchev–Trinajstić information content (AvgIpc) is 2.67.